The van der Waals surface area contributed by atoms with E-state index in [-0.39, 0.29) is 11.5 Å². The van der Waals surface area contributed by atoms with Gasteiger partial charge in [-0.05, 0) is 44.5 Å². The van der Waals surface area contributed by atoms with E-state index < -0.39 is 22.0 Å². The van der Waals surface area contributed by atoms with Crippen LogP contribution in [0, 0.1) is 0 Å². The van der Waals surface area contributed by atoms with Crippen LogP contribution in [0.2, 0.25) is 0 Å². The highest BCUT2D eigenvalue weighted by atomic mass is 32.2. The summed E-state index contributed by atoms with van der Waals surface area (Å²) in [5.41, 5.74) is 0. The van der Waals surface area contributed by atoms with Crippen molar-refractivity contribution in [2.45, 2.75) is 31.2 Å². The number of ether oxygens (including phenoxy) is 1. The van der Waals surface area contributed by atoms with Crippen LogP contribution in [0.3, 0.4) is 0 Å². The zero-order chi connectivity index (χ0) is 16.6. The molecule has 1 rings (SSSR count). The van der Waals surface area contributed by atoms with Crippen molar-refractivity contribution in [3.8, 4) is 5.75 Å². The van der Waals surface area contributed by atoms with E-state index in [1.54, 1.807) is 12.1 Å². The number of rotatable bonds is 9. The Hall–Kier alpha value is -1.64. The Labute approximate surface area is 130 Å². The van der Waals surface area contributed by atoms with Crippen LogP contribution in [0.4, 0.5) is 0 Å². The lowest BCUT2D eigenvalue weighted by Gasteiger charge is -2.14. The van der Waals surface area contributed by atoms with E-state index in [1.165, 1.54) is 19.1 Å². The maximum Gasteiger partial charge on any atom is 0.241 e. The van der Waals surface area contributed by atoms with Crippen LogP contribution in [-0.4, -0.2) is 45.2 Å². The molecule has 1 amide bonds. The number of carbonyl (C=O) groups excluding carboxylic acids is 1. The zero-order valence-corrected chi connectivity index (χ0v) is 13.5. The summed E-state index contributed by atoms with van der Waals surface area (Å²) in [6.45, 7) is 4.05. The van der Waals surface area contributed by atoms with Crippen LogP contribution in [0.1, 0.15) is 20.3 Å². The normalized spacial score (nSPS) is 12.7. The van der Waals surface area contributed by atoms with Gasteiger partial charge < -0.3 is 15.2 Å². The molecule has 0 aliphatic heterocycles. The van der Waals surface area contributed by atoms with E-state index in [1.807, 2.05) is 6.92 Å². The first-order valence-electron chi connectivity index (χ1n) is 7.04. The van der Waals surface area contributed by atoms with E-state index in [0.717, 1.165) is 0 Å². The molecule has 124 valence electrons. The number of sulfonamides is 1. The molecule has 1 aromatic carbocycles. The number of amides is 1. The number of aliphatic hydroxyl groups excluding tert-OH is 1. The van der Waals surface area contributed by atoms with Gasteiger partial charge in [0.1, 0.15) is 5.75 Å². The molecule has 7 nitrogen and oxygen atoms in total. The predicted octanol–water partition coefficient (Wildman–Crippen LogP) is 0.251. The smallest absolute Gasteiger partial charge is 0.241 e. The lowest BCUT2D eigenvalue weighted by atomic mass is 10.3. The molecule has 0 bridgehead atoms. The molecule has 0 saturated heterocycles. The van der Waals surface area contributed by atoms with Gasteiger partial charge in [-0.2, -0.15) is 4.72 Å². The molecule has 0 fully saturated rings. The summed E-state index contributed by atoms with van der Waals surface area (Å²) in [6, 6.07) is 5.05. The molecule has 1 aromatic rings. The molecule has 0 aliphatic rings. The fourth-order valence-corrected chi connectivity index (χ4v) is 2.88. The summed E-state index contributed by atoms with van der Waals surface area (Å²) in [4.78, 5) is 11.8. The highest BCUT2D eigenvalue weighted by molar-refractivity contribution is 7.89. The van der Waals surface area contributed by atoms with E-state index in [0.29, 0.717) is 25.3 Å². The van der Waals surface area contributed by atoms with Crippen molar-refractivity contribution in [3.63, 3.8) is 0 Å². The predicted molar refractivity (Wildman–Crippen MR) is 82.1 cm³/mol. The van der Waals surface area contributed by atoms with Crippen LogP contribution in [0.25, 0.3) is 0 Å². The average Bonchev–Trinajstić information content (AvgIpc) is 2.48. The summed E-state index contributed by atoms with van der Waals surface area (Å²) >= 11 is 0. The van der Waals surface area contributed by atoms with Crippen molar-refractivity contribution in [2.75, 3.05) is 19.8 Å². The summed E-state index contributed by atoms with van der Waals surface area (Å²) in [5, 5.41) is 11.2. The molecule has 0 heterocycles. The maximum atomic E-state index is 12.2. The van der Waals surface area contributed by atoms with E-state index in [4.69, 9.17) is 9.84 Å². The molecule has 0 aromatic heterocycles. The van der Waals surface area contributed by atoms with Crippen LogP contribution >= 0.6 is 0 Å². The fraction of sp³-hybridized carbons (Fsp3) is 0.500. The number of hydrogen-bond donors (Lipinski definition) is 3. The minimum atomic E-state index is -3.78. The average molecular weight is 330 g/mol. The molecule has 8 heteroatoms. The van der Waals surface area contributed by atoms with Crippen molar-refractivity contribution in [1.29, 1.82) is 0 Å². The van der Waals surface area contributed by atoms with Crippen molar-refractivity contribution in [2.24, 2.45) is 0 Å². The third kappa shape index (κ3) is 5.63. The second-order valence-corrected chi connectivity index (χ2v) is 6.33. The van der Waals surface area contributed by atoms with Gasteiger partial charge in [0.25, 0.3) is 0 Å². The first-order chi connectivity index (χ1) is 10.4. The van der Waals surface area contributed by atoms with Gasteiger partial charge in [-0.15, -0.1) is 0 Å². The van der Waals surface area contributed by atoms with Crippen molar-refractivity contribution >= 4 is 15.9 Å². The molecule has 0 unspecified atom stereocenters. The Kier molecular flexibility index (Phi) is 7.30. The zero-order valence-electron chi connectivity index (χ0n) is 12.7. The summed E-state index contributed by atoms with van der Waals surface area (Å²) in [6.07, 6.45) is 0.421. The van der Waals surface area contributed by atoms with Crippen molar-refractivity contribution in [3.05, 3.63) is 24.3 Å². The molecule has 1 atom stereocenters. The van der Waals surface area contributed by atoms with Gasteiger partial charge in [-0.25, -0.2) is 8.42 Å². The Morgan fingerprint density at radius 3 is 2.50 bits per heavy atom. The molecule has 0 aliphatic carbocycles. The molecule has 22 heavy (non-hydrogen) atoms. The molecule has 0 radical (unpaired) electrons. The number of carbonyl (C=O) groups is 1. The first-order valence-corrected chi connectivity index (χ1v) is 8.52. The monoisotopic (exact) mass is 330 g/mol. The molecule has 3 N–H and O–H groups in total. The van der Waals surface area contributed by atoms with Gasteiger partial charge >= 0.3 is 0 Å². The van der Waals surface area contributed by atoms with Gasteiger partial charge in [-0.1, -0.05) is 0 Å². The minimum Gasteiger partial charge on any atom is -0.494 e. The summed E-state index contributed by atoms with van der Waals surface area (Å²) in [5.74, 6) is 0.138. The van der Waals surface area contributed by atoms with Gasteiger partial charge in [0.2, 0.25) is 15.9 Å². The third-order valence-corrected chi connectivity index (χ3v) is 4.36. The van der Waals surface area contributed by atoms with Crippen LogP contribution in [-0.2, 0) is 14.8 Å². The van der Waals surface area contributed by atoms with E-state index in [2.05, 4.69) is 10.0 Å². The Bertz CT molecular complexity index is 571. The van der Waals surface area contributed by atoms with Crippen LogP contribution in [0.5, 0.6) is 5.75 Å². The minimum absolute atomic E-state index is 0.0352. The number of hydrogen-bond acceptors (Lipinski definition) is 5. The first kappa shape index (κ1) is 18.4. The maximum absolute atomic E-state index is 12.2. The van der Waals surface area contributed by atoms with Gasteiger partial charge in [0.05, 0.1) is 17.5 Å². The summed E-state index contributed by atoms with van der Waals surface area (Å²) in [7, 11) is -3.78. The van der Waals surface area contributed by atoms with Gasteiger partial charge in [-0.3, -0.25) is 4.79 Å². The van der Waals surface area contributed by atoms with Gasteiger partial charge in [0.15, 0.2) is 0 Å². The van der Waals surface area contributed by atoms with Crippen molar-refractivity contribution in [1.82, 2.24) is 10.0 Å². The van der Waals surface area contributed by atoms with Crippen LogP contribution < -0.4 is 14.8 Å². The number of nitrogens with one attached hydrogen (secondary N) is 2. The molecule has 0 saturated carbocycles. The highest BCUT2D eigenvalue weighted by Gasteiger charge is 2.21. The third-order valence-electron chi connectivity index (χ3n) is 2.80. The molecular formula is C14H22N2O5S. The highest BCUT2D eigenvalue weighted by Crippen LogP contribution is 2.16. The second kappa shape index (κ2) is 8.72. The molecule has 0 spiro atoms. The van der Waals surface area contributed by atoms with Crippen LogP contribution in [0.15, 0.2) is 29.2 Å². The van der Waals surface area contributed by atoms with E-state index >= 15 is 0 Å². The fourth-order valence-electron chi connectivity index (χ4n) is 1.68. The van der Waals surface area contributed by atoms with E-state index in [9.17, 15) is 13.2 Å². The lowest BCUT2D eigenvalue weighted by Crippen LogP contribution is -2.45. The quantitative estimate of drug-likeness (QED) is 0.563. The Balaban J connectivity index is 2.67. The Morgan fingerprint density at radius 1 is 1.32 bits per heavy atom. The topological polar surface area (TPSA) is 105 Å². The van der Waals surface area contributed by atoms with Gasteiger partial charge in [0, 0.05) is 13.2 Å². The largest absolute Gasteiger partial charge is 0.494 e. The SMILES string of the molecule is CCOc1ccc(S(=O)(=O)N[C@@H](C)C(=O)NCCCO)cc1. The summed E-state index contributed by atoms with van der Waals surface area (Å²) < 4.78 is 31.9. The number of aliphatic hydroxyl groups is 1. The lowest BCUT2D eigenvalue weighted by molar-refractivity contribution is -0.122. The standard InChI is InChI=1S/C14H22N2O5S/c1-3-21-12-5-7-13(8-6-12)22(19,20)16-11(2)14(18)15-9-4-10-17/h5-8,11,16-17H,3-4,9-10H2,1-2H3,(H,15,18)/t11-/m0/s1. The number of benzene rings is 1. The second-order valence-electron chi connectivity index (χ2n) is 4.62. The molecular weight excluding hydrogens is 308 g/mol. The van der Waals surface area contributed by atoms with Crippen molar-refractivity contribution < 1.29 is 23.1 Å². The Morgan fingerprint density at radius 2 is 1.95 bits per heavy atom.